The van der Waals surface area contributed by atoms with E-state index in [0.29, 0.717) is 11.9 Å². The molecule has 0 bridgehead atoms. The molecule has 4 N–H and O–H groups in total. The number of pyridine rings is 1. The number of anilines is 1. The van der Waals surface area contributed by atoms with Gasteiger partial charge in [0.1, 0.15) is 0 Å². The standard InChI is InChI=1S/C22H23N7O/c1-11-15(10-23-27-11)20-14-5-3-2-4-13(14)18-16(25-20)8-9-17-19(18)21(29-28-17)26-22(30)24-12-6-7-12/h8-10,12H,2-7H2,1H3,(H,23,27)(H3,24,26,28,29,30). The van der Waals surface area contributed by atoms with E-state index in [0.717, 1.165) is 77.3 Å². The Kier molecular flexibility index (Phi) is 3.81. The molecule has 1 fully saturated rings. The van der Waals surface area contributed by atoms with Crippen LogP contribution in [0.25, 0.3) is 33.1 Å². The summed E-state index contributed by atoms with van der Waals surface area (Å²) in [6.07, 6.45) is 8.25. The average molecular weight is 401 g/mol. The van der Waals surface area contributed by atoms with Crippen molar-refractivity contribution in [2.24, 2.45) is 0 Å². The van der Waals surface area contributed by atoms with Crippen LogP contribution in [0.4, 0.5) is 10.6 Å². The topological polar surface area (TPSA) is 111 Å². The van der Waals surface area contributed by atoms with Gasteiger partial charge in [-0.15, -0.1) is 0 Å². The Hall–Kier alpha value is -3.42. The van der Waals surface area contributed by atoms with Gasteiger partial charge in [-0.3, -0.25) is 15.5 Å². The molecule has 3 heterocycles. The highest BCUT2D eigenvalue weighted by molar-refractivity contribution is 6.15. The molecule has 0 aliphatic heterocycles. The van der Waals surface area contributed by atoms with Gasteiger partial charge in [-0.25, -0.2) is 9.78 Å². The minimum atomic E-state index is -0.199. The second-order valence-electron chi connectivity index (χ2n) is 8.36. The van der Waals surface area contributed by atoms with E-state index < -0.39 is 0 Å². The number of nitrogens with one attached hydrogen (secondary N) is 4. The van der Waals surface area contributed by atoms with Crippen LogP contribution < -0.4 is 10.6 Å². The van der Waals surface area contributed by atoms with Crippen LogP contribution in [-0.4, -0.2) is 37.5 Å². The molecule has 1 saturated carbocycles. The van der Waals surface area contributed by atoms with Crippen molar-refractivity contribution in [3.63, 3.8) is 0 Å². The highest BCUT2D eigenvalue weighted by Crippen LogP contribution is 2.40. The zero-order chi connectivity index (χ0) is 20.2. The molecule has 8 heteroatoms. The van der Waals surface area contributed by atoms with Crippen molar-refractivity contribution < 1.29 is 4.79 Å². The molecule has 0 saturated heterocycles. The maximum absolute atomic E-state index is 12.4. The number of aromatic amines is 2. The predicted octanol–water partition coefficient (Wildman–Crippen LogP) is 3.97. The van der Waals surface area contributed by atoms with E-state index in [1.807, 2.05) is 25.3 Å². The molecular weight excluding hydrogens is 378 g/mol. The number of aryl methyl sites for hydroxylation is 2. The monoisotopic (exact) mass is 401 g/mol. The minimum absolute atomic E-state index is 0.199. The first-order valence-corrected chi connectivity index (χ1v) is 10.6. The molecule has 0 radical (unpaired) electrons. The van der Waals surface area contributed by atoms with Gasteiger partial charge in [0.05, 0.1) is 28.3 Å². The van der Waals surface area contributed by atoms with Crippen LogP contribution in [0.2, 0.25) is 0 Å². The van der Waals surface area contributed by atoms with E-state index in [9.17, 15) is 4.79 Å². The van der Waals surface area contributed by atoms with E-state index in [4.69, 9.17) is 4.98 Å². The molecule has 2 aliphatic rings. The Morgan fingerprint density at radius 3 is 2.70 bits per heavy atom. The molecule has 0 unspecified atom stereocenters. The van der Waals surface area contributed by atoms with Crippen LogP contribution in [0.15, 0.2) is 18.3 Å². The van der Waals surface area contributed by atoms with Crippen LogP contribution >= 0.6 is 0 Å². The molecule has 1 aromatic carbocycles. The maximum Gasteiger partial charge on any atom is 0.320 e. The molecule has 8 nitrogen and oxygen atoms in total. The summed E-state index contributed by atoms with van der Waals surface area (Å²) in [4.78, 5) is 17.4. The SMILES string of the molecule is Cc1[nH]ncc1-c1nc2ccc3[nH]nc(NC(=O)NC4CC4)c3c2c2c1CCCC2. The van der Waals surface area contributed by atoms with Gasteiger partial charge in [0, 0.05) is 22.7 Å². The summed E-state index contributed by atoms with van der Waals surface area (Å²) >= 11 is 0. The second-order valence-corrected chi connectivity index (χ2v) is 8.36. The number of fused-ring (bicyclic) bond motifs is 5. The number of hydrogen-bond donors (Lipinski definition) is 4. The largest absolute Gasteiger partial charge is 0.335 e. The predicted molar refractivity (Wildman–Crippen MR) is 116 cm³/mol. The van der Waals surface area contributed by atoms with E-state index >= 15 is 0 Å². The number of rotatable bonds is 3. The van der Waals surface area contributed by atoms with Crippen molar-refractivity contribution >= 4 is 33.7 Å². The lowest BCUT2D eigenvalue weighted by Crippen LogP contribution is -2.30. The zero-order valence-electron chi connectivity index (χ0n) is 16.8. The summed E-state index contributed by atoms with van der Waals surface area (Å²) in [5, 5.41) is 22.7. The highest BCUT2D eigenvalue weighted by Gasteiger charge is 2.26. The number of carbonyl (C=O) groups is 1. The lowest BCUT2D eigenvalue weighted by molar-refractivity contribution is 0.251. The molecule has 30 heavy (non-hydrogen) atoms. The van der Waals surface area contributed by atoms with Crippen LogP contribution in [0, 0.1) is 6.92 Å². The lowest BCUT2D eigenvalue weighted by atomic mass is 9.85. The summed E-state index contributed by atoms with van der Waals surface area (Å²) in [6, 6.07) is 4.12. The van der Waals surface area contributed by atoms with Crippen molar-refractivity contribution in [2.75, 3.05) is 5.32 Å². The van der Waals surface area contributed by atoms with Crippen LogP contribution in [0.1, 0.15) is 42.5 Å². The molecule has 2 amide bonds. The molecule has 2 aliphatic carbocycles. The van der Waals surface area contributed by atoms with E-state index in [1.54, 1.807) is 0 Å². The number of amides is 2. The van der Waals surface area contributed by atoms with E-state index in [2.05, 4.69) is 31.0 Å². The van der Waals surface area contributed by atoms with Gasteiger partial charge in [0.2, 0.25) is 0 Å². The normalized spacial score (nSPS) is 16.0. The smallest absolute Gasteiger partial charge is 0.320 e. The third-order valence-corrected chi connectivity index (χ3v) is 6.23. The Bertz CT molecular complexity index is 1300. The first-order chi connectivity index (χ1) is 14.7. The van der Waals surface area contributed by atoms with Gasteiger partial charge in [0.15, 0.2) is 5.82 Å². The average Bonchev–Trinajstić information content (AvgIpc) is 3.31. The van der Waals surface area contributed by atoms with Crippen LogP contribution in [-0.2, 0) is 12.8 Å². The number of urea groups is 1. The van der Waals surface area contributed by atoms with Crippen molar-refractivity contribution in [3.8, 4) is 11.3 Å². The van der Waals surface area contributed by atoms with Gasteiger partial charge in [-0.1, -0.05) is 0 Å². The van der Waals surface area contributed by atoms with Gasteiger partial charge in [0.25, 0.3) is 0 Å². The molecule has 152 valence electrons. The van der Waals surface area contributed by atoms with Gasteiger partial charge < -0.3 is 5.32 Å². The van der Waals surface area contributed by atoms with Gasteiger partial charge in [-0.2, -0.15) is 10.2 Å². The van der Waals surface area contributed by atoms with Crippen molar-refractivity contribution in [1.29, 1.82) is 0 Å². The maximum atomic E-state index is 12.4. The summed E-state index contributed by atoms with van der Waals surface area (Å²) in [7, 11) is 0. The molecule has 4 aromatic rings. The Balaban J connectivity index is 1.57. The molecule has 6 rings (SSSR count). The quantitative estimate of drug-likeness (QED) is 0.416. The fourth-order valence-electron chi connectivity index (χ4n) is 4.59. The van der Waals surface area contributed by atoms with Crippen molar-refractivity contribution in [3.05, 3.63) is 35.2 Å². The number of aromatic nitrogens is 5. The number of H-pyrrole nitrogens is 2. The first kappa shape index (κ1) is 17.4. The fraction of sp³-hybridized carbons (Fsp3) is 0.364. The minimum Gasteiger partial charge on any atom is -0.335 e. The first-order valence-electron chi connectivity index (χ1n) is 10.6. The second kappa shape index (κ2) is 6.55. The number of hydrogen-bond acceptors (Lipinski definition) is 4. The van der Waals surface area contributed by atoms with Crippen LogP contribution in [0.5, 0.6) is 0 Å². The number of benzene rings is 1. The lowest BCUT2D eigenvalue weighted by Gasteiger charge is -2.21. The van der Waals surface area contributed by atoms with Crippen LogP contribution in [0.3, 0.4) is 0 Å². The Labute approximate surface area is 172 Å². The summed E-state index contributed by atoms with van der Waals surface area (Å²) in [5.74, 6) is 0.565. The fourth-order valence-corrected chi connectivity index (χ4v) is 4.59. The molecule has 0 atom stereocenters. The van der Waals surface area contributed by atoms with E-state index in [1.165, 1.54) is 11.1 Å². The number of nitrogens with zero attached hydrogens (tertiary/aromatic N) is 3. The summed E-state index contributed by atoms with van der Waals surface area (Å²) < 4.78 is 0. The third kappa shape index (κ3) is 2.74. The van der Waals surface area contributed by atoms with E-state index in [-0.39, 0.29) is 6.03 Å². The third-order valence-electron chi connectivity index (χ3n) is 6.23. The molecule has 0 spiro atoms. The number of carbonyl (C=O) groups excluding carboxylic acids is 1. The Morgan fingerprint density at radius 1 is 1.10 bits per heavy atom. The van der Waals surface area contributed by atoms with Gasteiger partial charge >= 0.3 is 6.03 Å². The molecular formula is C22H23N7O. The summed E-state index contributed by atoms with van der Waals surface area (Å²) in [5.41, 5.74) is 7.55. The van der Waals surface area contributed by atoms with Crippen molar-refractivity contribution in [2.45, 2.75) is 51.5 Å². The van der Waals surface area contributed by atoms with Gasteiger partial charge in [-0.05, 0) is 68.7 Å². The zero-order valence-corrected chi connectivity index (χ0v) is 16.8. The Morgan fingerprint density at radius 2 is 1.93 bits per heavy atom. The summed E-state index contributed by atoms with van der Waals surface area (Å²) in [6.45, 7) is 2.03. The van der Waals surface area contributed by atoms with Crippen molar-refractivity contribution in [1.82, 2.24) is 30.7 Å². The molecule has 3 aromatic heterocycles. The highest BCUT2D eigenvalue weighted by atomic mass is 16.2.